The van der Waals surface area contributed by atoms with Crippen molar-refractivity contribution >= 4 is 17.3 Å². The molecule has 9 nitrogen and oxygen atoms in total. The number of hydrogen-bond acceptors (Lipinski definition) is 8. The molecule has 0 aliphatic carbocycles. The summed E-state index contributed by atoms with van der Waals surface area (Å²) in [4.78, 5) is 26.5. The van der Waals surface area contributed by atoms with E-state index < -0.39 is 28.7 Å². The summed E-state index contributed by atoms with van der Waals surface area (Å²) in [7, 11) is 0. The summed E-state index contributed by atoms with van der Waals surface area (Å²) in [5.74, 6) is -0.799. The summed E-state index contributed by atoms with van der Waals surface area (Å²) in [5.41, 5.74) is -0.614. The average molecular weight is 450 g/mol. The van der Waals surface area contributed by atoms with Crippen LogP contribution in [0.4, 0.5) is 24.5 Å². The number of nitrogens with one attached hydrogen (secondary N) is 1. The number of ether oxygens (including phenoxy) is 1. The van der Waals surface area contributed by atoms with Gasteiger partial charge >= 0.3 is 12.1 Å². The number of para-hydroxylation sites is 2. The molecule has 0 radical (unpaired) electrons. The average Bonchev–Trinajstić information content (AvgIpc) is 3.24. The summed E-state index contributed by atoms with van der Waals surface area (Å²) in [6.07, 6.45) is -5.56. The molecule has 3 aromatic rings. The van der Waals surface area contributed by atoms with E-state index in [9.17, 15) is 28.1 Å². The maximum absolute atomic E-state index is 12.9. The topological polar surface area (TPSA) is 120 Å². The third-order valence-corrected chi connectivity index (χ3v) is 4.29. The van der Waals surface area contributed by atoms with E-state index in [1.54, 1.807) is 6.07 Å². The molecule has 1 N–H and O–H groups in total. The monoisotopic (exact) mass is 450 g/mol. The zero-order valence-electron chi connectivity index (χ0n) is 16.6. The minimum Gasteiger partial charge on any atom is -0.452 e. The van der Waals surface area contributed by atoms with Gasteiger partial charge in [-0.15, -0.1) is 0 Å². The Hall–Kier alpha value is -3.96. The van der Waals surface area contributed by atoms with Crippen molar-refractivity contribution in [1.82, 2.24) is 10.1 Å². The third-order valence-electron chi connectivity index (χ3n) is 4.29. The molecule has 3 rings (SSSR count). The number of rotatable bonds is 8. The lowest BCUT2D eigenvalue weighted by Gasteiger charge is -2.10. The first kappa shape index (κ1) is 22.7. The molecule has 0 saturated carbocycles. The number of nitro groups is 1. The summed E-state index contributed by atoms with van der Waals surface area (Å²) < 4.78 is 48.8. The van der Waals surface area contributed by atoms with Gasteiger partial charge in [-0.05, 0) is 25.1 Å². The first-order valence-electron chi connectivity index (χ1n) is 9.33. The van der Waals surface area contributed by atoms with Crippen molar-refractivity contribution in [3.63, 3.8) is 0 Å². The van der Waals surface area contributed by atoms with Crippen molar-refractivity contribution in [1.29, 1.82) is 0 Å². The number of nitrogens with zero attached hydrogens (tertiary/aromatic N) is 3. The first-order valence-corrected chi connectivity index (χ1v) is 9.33. The maximum Gasteiger partial charge on any atom is 0.416 e. The SMILES string of the molecule is CC(OC(=O)CCNc1ccccc1[N+](=O)[O-])c1nc(-c2cccc(C(F)(F)F)c2)no1. The van der Waals surface area contributed by atoms with Gasteiger partial charge < -0.3 is 14.6 Å². The standard InChI is InChI=1S/C20H17F3N4O5/c1-12(31-17(28)9-10-24-15-7-2-3-8-16(15)27(29)30)19-25-18(26-32-19)13-5-4-6-14(11-13)20(21,22)23/h2-8,11-12,24H,9-10H2,1H3. The van der Waals surface area contributed by atoms with Gasteiger partial charge in [-0.25, -0.2) is 0 Å². The van der Waals surface area contributed by atoms with E-state index >= 15 is 0 Å². The number of nitro benzene ring substituents is 1. The van der Waals surface area contributed by atoms with E-state index in [4.69, 9.17) is 9.26 Å². The van der Waals surface area contributed by atoms with Crippen LogP contribution in [0, 0.1) is 10.1 Å². The molecular formula is C20H17F3N4O5. The molecule has 2 aromatic carbocycles. The molecule has 1 unspecified atom stereocenters. The second-order valence-corrected chi connectivity index (χ2v) is 6.62. The number of alkyl halides is 3. The van der Waals surface area contributed by atoms with Gasteiger partial charge in [0.25, 0.3) is 11.6 Å². The molecule has 0 bridgehead atoms. The van der Waals surface area contributed by atoms with Gasteiger partial charge in [0.05, 0.1) is 16.9 Å². The maximum atomic E-state index is 12.9. The Labute approximate surface area is 179 Å². The van der Waals surface area contributed by atoms with Crippen molar-refractivity contribution in [2.24, 2.45) is 0 Å². The Morgan fingerprint density at radius 2 is 2.00 bits per heavy atom. The molecule has 0 spiro atoms. The van der Waals surface area contributed by atoms with Crippen LogP contribution in [0.5, 0.6) is 0 Å². The van der Waals surface area contributed by atoms with E-state index in [1.165, 1.54) is 37.3 Å². The molecule has 1 atom stereocenters. The Morgan fingerprint density at radius 1 is 1.25 bits per heavy atom. The number of hydrogen-bond donors (Lipinski definition) is 1. The molecule has 1 aromatic heterocycles. The number of anilines is 1. The van der Waals surface area contributed by atoms with Gasteiger partial charge in [-0.2, -0.15) is 18.2 Å². The molecule has 0 fully saturated rings. The van der Waals surface area contributed by atoms with Crippen LogP contribution in [-0.2, 0) is 15.7 Å². The highest BCUT2D eigenvalue weighted by atomic mass is 19.4. The molecule has 1 heterocycles. The highest BCUT2D eigenvalue weighted by molar-refractivity contribution is 5.71. The predicted octanol–water partition coefficient (Wildman–Crippen LogP) is 4.77. The lowest BCUT2D eigenvalue weighted by atomic mass is 10.1. The summed E-state index contributed by atoms with van der Waals surface area (Å²) in [6.45, 7) is 1.55. The van der Waals surface area contributed by atoms with Crippen molar-refractivity contribution in [3.05, 3.63) is 70.1 Å². The quantitative estimate of drug-likeness (QED) is 0.296. The second kappa shape index (κ2) is 9.45. The number of benzene rings is 2. The van der Waals surface area contributed by atoms with Crippen molar-refractivity contribution in [2.75, 3.05) is 11.9 Å². The second-order valence-electron chi connectivity index (χ2n) is 6.62. The van der Waals surface area contributed by atoms with Crippen LogP contribution in [0.25, 0.3) is 11.4 Å². The van der Waals surface area contributed by atoms with E-state index in [2.05, 4.69) is 15.5 Å². The minimum atomic E-state index is -4.51. The molecule has 0 aliphatic rings. The third kappa shape index (κ3) is 5.59. The number of aromatic nitrogens is 2. The Morgan fingerprint density at radius 3 is 2.72 bits per heavy atom. The zero-order valence-corrected chi connectivity index (χ0v) is 16.6. The van der Waals surface area contributed by atoms with E-state index in [-0.39, 0.29) is 41.6 Å². The summed E-state index contributed by atoms with van der Waals surface area (Å²) >= 11 is 0. The normalized spacial score (nSPS) is 12.2. The molecule has 0 aliphatic heterocycles. The van der Waals surface area contributed by atoms with Crippen LogP contribution in [0.1, 0.15) is 30.9 Å². The fourth-order valence-electron chi connectivity index (χ4n) is 2.74. The van der Waals surface area contributed by atoms with E-state index in [0.29, 0.717) is 0 Å². The molecule has 12 heteroatoms. The molecule has 0 amide bonds. The van der Waals surface area contributed by atoms with Gasteiger partial charge in [0.2, 0.25) is 5.82 Å². The van der Waals surface area contributed by atoms with Gasteiger partial charge in [-0.1, -0.05) is 29.4 Å². The highest BCUT2D eigenvalue weighted by Gasteiger charge is 2.31. The number of carbonyl (C=O) groups is 1. The smallest absolute Gasteiger partial charge is 0.416 e. The number of halogens is 3. The zero-order chi connectivity index (χ0) is 23.3. The lowest BCUT2D eigenvalue weighted by Crippen LogP contribution is -2.14. The first-order chi connectivity index (χ1) is 15.1. The van der Waals surface area contributed by atoms with Crippen LogP contribution in [0.15, 0.2) is 53.1 Å². The molecular weight excluding hydrogens is 433 g/mol. The van der Waals surface area contributed by atoms with Crippen molar-refractivity contribution in [2.45, 2.75) is 25.6 Å². The van der Waals surface area contributed by atoms with Gasteiger partial charge in [0.15, 0.2) is 6.10 Å². The van der Waals surface area contributed by atoms with Crippen LogP contribution < -0.4 is 5.32 Å². The molecule has 32 heavy (non-hydrogen) atoms. The summed E-state index contributed by atoms with van der Waals surface area (Å²) in [5, 5.41) is 17.4. The highest BCUT2D eigenvalue weighted by Crippen LogP contribution is 2.32. The van der Waals surface area contributed by atoms with Gasteiger partial charge in [0, 0.05) is 18.2 Å². The predicted molar refractivity (Wildman–Crippen MR) is 105 cm³/mol. The van der Waals surface area contributed by atoms with Crippen LogP contribution in [-0.4, -0.2) is 27.6 Å². The van der Waals surface area contributed by atoms with Crippen molar-refractivity contribution < 1.29 is 32.1 Å². The largest absolute Gasteiger partial charge is 0.452 e. The lowest BCUT2D eigenvalue weighted by molar-refractivity contribution is -0.384. The van der Waals surface area contributed by atoms with Crippen LogP contribution >= 0.6 is 0 Å². The van der Waals surface area contributed by atoms with Gasteiger partial charge in [0.1, 0.15) is 5.69 Å². The van der Waals surface area contributed by atoms with Crippen molar-refractivity contribution in [3.8, 4) is 11.4 Å². The summed E-state index contributed by atoms with van der Waals surface area (Å²) in [6, 6.07) is 10.4. The Balaban J connectivity index is 1.57. The molecule has 0 saturated heterocycles. The van der Waals surface area contributed by atoms with E-state index in [1.807, 2.05) is 0 Å². The number of carbonyl (C=O) groups excluding carboxylic acids is 1. The Kier molecular flexibility index (Phi) is 6.71. The fraction of sp³-hybridized carbons (Fsp3) is 0.250. The minimum absolute atomic E-state index is 0.0768. The fourth-order valence-corrected chi connectivity index (χ4v) is 2.74. The van der Waals surface area contributed by atoms with Crippen LogP contribution in [0.3, 0.4) is 0 Å². The van der Waals surface area contributed by atoms with Crippen LogP contribution in [0.2, 0.25) is 0 Å². The molecule has 168 valence electrons. The Bertz CT molecular complexity index is 1120. The van der Waals surface area contributed by atoms with E-state index in [0.717, 1.165) is 12.1 Å². The number of esters is 1. The van der Waals surface area contributed by atoms with Gasteiger partial charge in [-0.3, -0.25) is 14.9 Å².